The summed E-state index contributed by atoms with van der Waals surface area (Å²) >= 11 is 6.09. The van der Waals surface area contributed by atoms with Gasteiger partial charge in [-0.25, -0.2) is 8.42 Å². The molecule has 1 heterocycles. The van der Waals surface area contributed by atoms with Gasteiger partial charge in [0.1, 0.15) is 0 Å². The molecule has 0 radical (unpaired) electrons. The SMILES string of the molecule is CC[C@@H]1C=C(C(=O)c2ccccc2)[C@H](c2ccc(Cl)cc2)N1S(=O)(=O)c1ccc(C)cc1. The van der Waals surface area contributed by atoms with Crippen LogP contribution in [0.1, 0.15) is 40.9 Å². The maximum absolute atomic E-state index is 13.8. The van der Waals surface area contributed by atoms with E-state index in [2.05, 4.69) is 0 Å². The van der Waals surface area contributed by atoms with Gasteiger partial charge in [-0.1, -0.05) is 84.8 Å². The van der Waals surface area contributed by atoms with Gasteiger partial charge in [-0.05, 0) is 43.2 Å². The quantitative estimate of drug-likeness (QED) is 0.420. The molecule has 0 unspecified atom stereocenters. The summed E-state index contributed by atoms with van der Waals surface area (Å²) in [5, 5.41) is 0.548. The Morgan fingerprint density at radius 2 is 1.56 bits per heavy atom. The summed E-state index contributed by atoms with van der Waals surface area (Å²) in [5.41, 5.74) is 2.67. The number of carbonyl (C=O) groups excluding carboxylic acids is 1. The molecule has 6 heteroatoms. The van der Waals surface area contributed by atoms with Crippen molar-refractivity contribution in [3.63, 3.8) is 0 Å². The Morgan fingerprint density at radius 3 is 2.16 bits per heavy atom. The lowest BCUT2D eigenvalue weighted by atomic mass is 9.94. The molecule has 2 atom stereocenters. The normalized spacial score (nSPS) is 19.0. The molecule has 4 nitrogen and oxygen atoms in total. The Hall–Kier alpha value is -2.73. The molecule has 0 fully saturated rings. The molecule has 1 aliphatic rings. The number of hydrogen-bond acceptors (Lipinski definition) is 3. The molecule has 32 heavy (non-hydrogen) atoms. The van der Waals surface area contributed by atoms with Gasteiger partial charge < -0.3 is 0 Å². The fourth-order valence-electron chi connectivity index (χ4n) is 4.07. The number of benzene rings is 3. The topological polar surface area (TPSA) is 54.5 Å². The Kier molecular flexibility index (Phi) is 6.33. The van der Waals surface area contributed by atoms with E-state index >= 15 is 0 Å². The van der Waals surface area contributed by atoms with E-state index < -0.39 is 22.1 Å². The molecule has 1 aliphatic heterocycles. The summed E-state index contributed by atoms with van der Waals surface area (Å²) in [7, 11) is -3.88. The average Bonchev–Trinajstić information content (AvgIpc) is 3.20. The molecule has 0 bridgehead atoms. The summed E-state index contributed by atoms with van der Waals surface area (Å²) in [6, 6.07) is 21.6. The van der Waals surface area contributed by atoms with Crippen molar-refractivity contribution in [1.29, 1.82) is 0 Å². The van der Waals surface area contributed by atoms with E-state index in [9.17, 15) is 13.2 Å². The number of ketones is 1. The number of nitrogens with zero attached hydrogens (tertiary/aromatic N) is 1. The standard InChI is InChI=1S/C26H24ClNO3S/c1-3-22-17-24(26(29)20-7-5-4-6-8-20)25(19-11-13-21(27)14-12-19)28(22)32(30,31)23-15-9-18(2)10-16-23/h4-17,22,25H,3H2,1-2H3/t22-,25+/m1/s1. The monoisotopic (exact) mass is 465 g/mol. The zero-order chi connectivity index (χ0) is 22.9. The van der Waals surface area contributed by atoms with Crippen molar-refractivity contribution >= 4 is 27.4 Å². The van der Waals surface area contributed by atoms with Crippen molar-refractivity contribution in [2.75, 3.05) is 0 Å². The van der Waals surface area contributed by atoms with Crippen LogP contribution in [0, 0.1) is 6.92 Å². The Labute approximate surface area is 194 Å². The molecular weight excluding hydrogens is 442 g/mol. The van der Waals surface area contributed by atoms with Crippen molar-refractivity contribution in [2.24, 2.45) is 0 Å². The van der Waals surface area contributed by atoms with E-state index in [1.54, 1.807) is 78.9 Å². The van der Waals surface area contributed by atoms with E-state index in [0.717, 1.165) is 5.56 Å². The number of rotatable bonds is 6. The van der Waals surface area contributed by atoms with Crippen LogP contribution in [0.4, 0.5) is 0 Å². The predicted molar refractivity (Wildman–Crippen MR) is 127 cm³/mol. The first kappa shape index (κ1) is 22.5. The molecule has 3 aromatic carbocycles. The lowest BCUT2D eigenvalue weighted by molar-refractivity contribution is 0.102. The van der Waals surface area contributed by atoms with E-state index in [-0.39, 0.29) is 10.7 Å². The number of halogens is 1. The molecule has 0 saturated heterocycles. The van der Waals surface area contributed by atoms with Crippen LogP contribution in [0.3, 0.4) is 0 Å². The van der Waals surface area contributed by atoms with Crippen molar-refractivity contribution in [3.8, 4) is 0 Å². The fourth-order valence-corrected chi connectivity index (χ4v) is 6.00. The van der Waals surface area contributed by atoms with Gasteiger partial charge in [-0.3, -0.25) is 4.79 Å². The largest absolute Gasteiger partial charge is 0.289 e. The molecule has 3 aromatic rings. The van der Waals surface area contributed by atoms with Crippen LogP contribution in [-0.2, 0) is 10.0 Å². The van der Waals surface area contributed by atoms with Gasteiger partial charge in [0, 0.05) is 22.2 Å². The number of sulfonamides is 1. The van der Waals surface area contributed by atoms with E-state index in [0.29, 0.717) is 28.1 Å². The first-order valence-electron chi connectivity index (χ1n) is 10.5. The maximum Gasteiger partial charge on any atom is 0.244 e. The van der Waals surface area contributed by atoms with E-state index in [1.165, 1.54) is 4.31 Å². The zero-order valence-electron chi connectivity index (χ0n) is 17.9. The molecule has 0 spiro atoms. The third-order valence-corrected chi connectivity index (χ3v) is 7.90. The molecule has 0 saturated carbocycles. The van der Waals surface area contributed by atoms with Crippen molar-refractivity contribution in [3.05, 3.63) is 112 Å². The van der Waals surface area contributed by atoms with Gasteiger partial charge in [-0.2, -0.15) is 4.31 Å². The van der Waals surface area contributed by atoms with Crippen LogP contribution in [0.25, 0.3) is 0 Å². The van der Waals surface area contributed by atoms with Crippen LogP contribution >= 0.6 is 11.6 Å². The third kappa shape index (κ3) is 4.16. The van der Waals surface area contributed by atoms with Gasteiger partial charge in [0.2, 0.25) is 10.0 Å². The summed E-state index contributed by atoms with van der Waals surface area (Å²) in [4.78, 5) is 13.7. The average molecular weight is 466 g/mol. The molecule has 164 valence electrons. The first-order chi connectivity index (χ1) is 15.3. The van der Waals surface area contributed by atoms with Crippen LogP contribution in [0.5, 0.6) is 0 Å². The molecule has 0 amide bonds. The van der Waals surface area contributed by atoms with Crippen LogP contribution in [0.15, 0.2) is 95.4 Å². The summed E-state index contributed by atoms with van der Waals surface area (Å²) in [5.74, 6) is -0.175. The second-order valence-corrected chi connectivity index (χ2v) is 10.2. The Bertz CT molecular complexity index is 1250. The van der Waals surface area contributed by atoms with Gasteiger partial charge in [0.05, 0.1) is 10.9 Å². The predicted octanol–water partition coefficient (Wildman–Crippen LogP) is 5.98. The third-order valence-electron chi connectivity index (χ3n) is 5.75. The van der Waals surface area contributed by atoms with Crippen LogP contribution < -0.4 is 0 Å². The van der Waals surface area contributed by atoms with Crippen molar-refractivity contribution < 1.29 is 13.2 Å². The van der Waals surface area contributed by atoms with Crippen molar-refractivity contribution in [2.45, 2.75) is 37.2 Å². The van der Waals surface area contributed by atoms with Crippen LogP contribution in [-0.4, -0.2) is 24.5 Å². The Morgan fingerprint density at radius 1 is 0.938 bits per heavy atom. The highest BCUT2D eigenvalue weighted by Gasteiger charge is 2.45. The minimum Gasteiger partial charge on any atom is -0.289 e. The summed E-state index contributed by atoms with van der Waals surface area (Å²) < 4.78 is 29.1. The second kappa shape index (κ2) is 9.02. The highest BCUT2D eigenvalue weighted by Crippen LogP contribution is 2.43. The minimum atomic E-state index is -3.88. The molecular formula is C26H24ClNO3S. The van der Waals surface area contributed by atoms with Crippen LogP contribution in [0.2, 0.25) is 5.02 Å². The molecule has 0 aromatic heterocycles. The minimum absolute atomic E-state index is 0.175. The number of hydrogen-bond donors (Lipinski definition) is 0. The molecule has 0 N–H and O–H groups in total. The van der Waals surface area contributed by atoms with Gasteiger partial charge in [-0.15, -0.1) is 0 Å². The van der Waals surface area contributed by atoms with Gasteiger partial charge in [0.15, 0.2) is 5.78 Å². The maximum atomic E-state index is 13.8. The smallest absolute Gasteiger partial charge is 0.244 e. The van der Waals surface area contributed by atoms with Gasteiger partial charge >= 0.3 is 0 Å². The fraction of sp³-hybridized carbons (Fsp3) is 0.192. The van der Waals surface area contributed by atoms with E-state index in [1.807, 2.05) is 19.9 Å². The number of aryl methyl sites for hydroxylation is 1. The summed E-state index contributed by atoms with van der Waals surface area (Å²) in [6.07, 6.45) is 2.35. The molecule has 4 rings (SSSR count). The highest BCUT2D eigenvalue weighted by molar-refractivity contribution is 7.89. The zero-order valence-corrected chi connectivity index (χ0v) is 19.5. The number of carbonyl (C=O) groups is 1. The lowest BCUT2D eigenvalue weighted by Gasteiger charge is -2.31. The second-order valence-electron chi connectivity index (χ2n) is 7.89. The lowest BCUT2D eigenvalue weighted by Crippen LogP contribution is -2.38. The first-order valence-corrected chi connectivity index (χ1v) is 12.3. The van der Waals surface area contributed by atoms with Crippen molar-refractivity contribution in [1.82, 2.24) is 4.31 Å². The molecule has 0 aliphatic carbocycles. The van der Waals surface area contributed by atoms with E-state index in [4.69, 9.17) is 11.6 Å². The number of Topliss-reactive ketones (excluding diaryl/α,β-unsaturated/α-hetero) is 1. The summed E-state index contributed by atoms with van der Waals surface area (Å²) in [6.45, 7) is 3.84. The highest BCUT2D eigenvalue weighted by atomic mass is 35.5. The van der Waals surface area contributed by atoms with Gasteiger partial charge in [0.25, 0.3) is 0 Å². The Balaban J connectivity index is 1.87.